The monoisotopic (exact) mass is 284 g/mol. The van der Waals surface area contributed by atoms with Crippen LogP contribution < -0.4 is 5.32 Å². The number of rotatable bonds is 5. The summed E-state index contributed by atoms with van der Waals surface area (Å²) in [5, 5.41) is 3.58. The number of para-hydroxylation sites is 1. The van der Waals surface area contributed by atoms with Crippen molar-refractivity contribution in [3.05, 3.63) is 53.3 Å². The molecule has 2 heterocycles. The van der Waals surface area contributed by atoms with Crippen molar-refractivity contribution in [2.45, 2.75) is 26.8 Å². The summed E-state index contributed by atoms with van der Waals surface area (Å²) in [6, 6.07) is 12.9. The quantitative estimate of drug-likeness (QED) is 0.912. The van der Waals surface area contributed by atoms with E-state index >= 15 is 0 Å². The number of benzene rings is 1. The predicted octanol–water partition coefficient (Wildman–Crippen LogP) is 3.22. The van der Waals surface area contributed by atoms with Crippen LogP contribution in [0.4, 0.5) is 0 Å². The zero-order chi connectivity index (χ0) is 14.7. The maximum Gasteiger partial charge on any atom is 0.0507 e. The molecule has 1 aliphatic heterocycles. The molecule has 3 heteroatoms. The third-order valence-corrected chi connectivity index (χ3v) is 4.32. The SMILES string of the molecule is Cc1cc(CNCC2CCOC2)c(C)n1-c1ccccc1. The molecule has 1 N–H and O–H groups in total. The van der Waals surface area contributed by atoms with Crippen molar-refractivity contribution in [2.75, 3.05) is 19.8 Å². The second-order valence-corrected chi connectivity index (χ2v) is 5.93. The van der Waals surface area contributed by atoms with Gasteiger partial charge in [0.15, 0.2) is 0 Å². The van der Waals surface area contributed by atoms with Crippen LogP contribution in [0.25, 0.3) is 5.69 Å². The Hall–Kier alpha value is -1.58. The van der Waals surface area contributed by atoms with Gasteiger partial charge in [-0.1, -0.05) is 18.2 Å². The molecule has 0 spiro atoms. The fourth-order valence-corrected chi connectivity index (χ4v) is 3.14. The summed E-state index contributed by atoms with van der Waals surface area (Å²) in [7, 11) is 0. The lowest BCUT2D eigenvalue weighted by atomic mass is 10.1. The number of hydrogen-bond acceptors (Lipinski definition) is 2. The van der Waals surface area contributed by atoms with Crippen LogP contribution in [0.1, 0.15) is 23.4 Å². The number of aryl methyl sites for hydroxylation is 1. The molecule has 0 aliphatic carbocycles. The first-order valence-electron chi connectivity index (χ1n) is 7.77. The molecule has 0 amide bonds. The van der Waals surface area contributed by atoms with E-state index in [0.29, 0.717) is 5.92 Å². The Morgan fingerprint density at radius 1 is 1.24 bits per heavy atom. The highest BCUT2D eigenvalue weighted by Gasteiger charge is 2.15. The summed E-state index contributed by atoms with van der Waals surface area (Å²) in [5.74, 6) is 0.683. The van der Waals surface area contributed by atoms with Crippen molar-refractivity contribution in [3.8, 4) is 5.69 Å². The molecule has 0 saturated carbocycles. The first-order valence-corrected chi connectivity index (χ1v) is 7.77. The van der Waals surface area contributed by atoms with E-state index in [4.69, 9.17) is 4.74 Å². The van der Waals surface area contributed by atoms with Crippen LogP contribution in [0.3, 0.4) is 0 Å². The Balaban J connectivity index is 1.69. The molecule has 1 saturated heterocycles. The van der Waals surface area contributed by atoms with Crippen molar-refractivity contribution in [1.29, 1.82) is 0 Å². The molecular formula is C18H24N2O. The largest absolute Gasteiger partial charge is 0.381 e. The van der Waals surface area contributed by atoms with Gasteiger partial charge in [-0.25, -0.2) is 0 Å². The van der Waals surface area contributed by atoms with E-state index in [1.54, 1.807) is 0 Å². The average Bonchev–Trinajstić information content (AvgIpc) is 3.09. The highest BCUT2D eigenvalue weighted by atomic mass is 16.5. The third kappa shape index (κ3) is 3.20. The lowest BCUT2D eigenvalue weighted by Gasteiger charge is -2.11. The van der Waals surface area contributed by atoms with Gasteiger partial charge in [0.05, 0.1) is 6.61 Å². The number of hydrogen-bond donors (Lipinski definition) is 1. The molecule has 21 heavy (non-hydrogen) atoms. The smallest absolute Gasteiger partial charge is 0.0507 e. The summed E-state index contributed by atoms with van der Waals surface area (Å²) in [5.41, 5.74) is 5.24. The van der Waals surface area contributed by atoms with Crippen molar-refractivity contribution < 1.29 is 4.74 Å². The van der Waals surface area contributed by atoms with Crippen LogP contribution >= 0.6 is 0 Å². The van der Waals surface area contributed by atoms with E-state index < -0.39 is 0 Å². The van der Waals surface area contributed by atoms with Crippen LogP contribution in [0.5, 0.6) is 0 Å². The van der Waals surface area contributed by atoms with E-state index in [1.807, 2.05) is 0 Å². The fourth-order valence-electron chi connectivity index (χ4n) is 3.14. The number of aromatic nitrogens is 1. The van der Waals surface area contributed by atoms with Crippen molar-refractivity contribution in [3.63, 3.8) is 0 Å². The third-order valence-electron chi connectivity index (χ3n) is 4.32. The standard InChI is InChI=1S/C18H24N2O/c1-14-10-17(12-19-11-16-8-9-21-13-16)15(2)20(14)18-6-4-3-5-7-18/h3-7,10,16,19H,8-9,11-13H2,1-2H3. The van der Waals surface area contributed by atoms with Gasteiger partial charge in [-0.05, 0) is 49.9 Å². The normalized spacial score (nSPS) is 18.3. The molecule has 1 atom stereocenters. The summed E-state index contributed by atoms with van der Waals surface area (Å²) < 4.78 is 7.75. The molecule has 3 nitrogen and oxygen atoms in total. The second kappa shape index (κ2) is 6.46. The molecule has 1 fully saturated rings. The second-order valence-electron chi connectivity index (χ2n) is 5.93. The highest BCUT2D eigenvalue weighted by Crippen LogP contribution is 2.20. The van der Waals surface area contributed by atoms with Gasteiger partial charge < -0.3 is 14.6 Å². The summed E-state index contributed by atoms with van der Waals surface area (Å²) in [6.07, 6.45) is 1.19. The zero-order valence-corrected chi connectivity index (χ0v) is 12.9. The van der Waals surface area contributed by atoms with Gasteiger partial charge in [-0.3, -0.25) is 0 Å². The predicted molar refractivity (Wildman–Crippen MR) is 85.9 cm³/mol. The maximum atomic E-state index is 5.42. The first-order chi connectivity index (χ1) is 10.3. The molecular weight excluding hydrogens is 260 g/mol. The molecule has 2 aromatic rings. The van der Waals surface area contributed by atoms with Crippen LogP contribution in [0, 0.1) is 19.8 Å². The maximum absolute atomic E-state index is 5.42. The molecule has 1 unspecified atom stereocenters. The van der Waals surface area contributed by atoms with Crippen LogP contribution in [0.2, 0.25) is 0 Å². The summed E-state index contributed by atoms with van der Waals surface area (Å²) in [4.78, 5) is 0. The lowest BCUT2D eigenvalue weighted by Crippen LogP contribution is -2.22. The number of ether oxygens (including phenoxy) is 1. The summed E-state index contributed by atoms with van der Waals surface area (Å²) >= 11 is 0. The Morgan fingerprint density at radius 2 is 2.05 bits per heavy atom. The molecule has 3 rings (SSSR count). The number of nitrogens with zero attached hydrogens (tertiary/aromatic N) is 1. The van der Waals surface area contributed by atoms with Crippen molar-refractivity contribution in [2.24, 2.45) is 5.92 Å². The highest BCUT2D eigenvalue weighted by molar-refractivity contribution is 5.40. The van der Waals surface area contributed by atoms with Gasteiger partial charge >= 0.3 is 0 Å². The minimum Gasteiger partial charge on any atom is -0.381 e. The average molecular weight is 284 g/mol. The molecule has 1 aromatic heterocycles. The molecule has 1 aliphatic rings. The lowest BCUT2D eigenvalue weighted by molar-refractivity contribution is 0.185. The van der Waals surface area contributed by atoms with Crippen LogP contribution in [-0.4, -0.2) is 24.3 Å². The minimum absolute atomic E-state index is 0.683. The van der Waals surface area contributed by atoms with E-state index in [0.717, 1.165) is 26.3 Å². The Labute approximate surface area is 126 Å². The van der Waals surface area contributed by atoms with Gasteiger partial charge in [-0.15, -0.1) is 0 Å². The Morgan fingerprint density at radius 3 is 2.76 bits per heavy atom. The van der Waals surface area contributed by atoms with E-state index in [-0.39, 0.29) is 0 Å². The molecule has 0 bridgehead atoms. The van der Waals surface area contributed by atoms with E-state index in [1.165, 1.54) is 29.1 Å². The topological polar surface area (TPSA) is 26.2 Å². The van der Waals surface area contributed by atoms with Gasteiger partial charge in [0.2, 0.25) is 0 Å². The van der Waals surface area contributed by atoms with E-state index in [9.17, 15) is 0 Å². The summed E-state index contributed by atoms with van der Waals surface area (Å²) in [6.45, 7) is 8.20. The Kier molecular flexibility index (Phi) is 4.42. The van der Waals surface area contributed by atoms with E-state index in [2.05, 4.69) is 60.1 Å². The fraction of sp³-hybridized carbons (Fsp3) is 0.444. The molecule has 1 aromatic carbocycles. The van der Waals surface area contributed by atoms with Gasteiger partial charge in [-0.2, -0.15) is 0 Å². The number of nitrogens with one attached hydrogen (secondary N) is 1. The van der Waals surface area contributed by atoms with Gasteiger partial charge in [0.1, 0.15) is 0 Å². The zero-order valence-electron chi connectivity index (χ0n) is 12.9. The minimum atomic E-state index is 0.683. The van der Waals surface area contributed by atoms with Crippen molar-refractivity contribution in [1.82, 2.24) is 9.88 Å². The van der Waals surface area contributed by atoms with Gasteiger partial charge in [0.25, 0.3) is 0 Å². The first kappa shape index (κ1) is 14.4. The van der Waals surface area contributed by atoms with Crippen molar-refractivity contribution >= 4 is 0 Å². The molecule has 112 valence electrons. The van der Waals surface area contributed by atoms with Crippen LogP contribution in [-0.2, 0) is 11.3 Å². The Bertz CT molecular complexity index is 583. The van der Waals surface area contributed by atoms with Gasteiger partial charge in [0, 0.05) is 36.8 Å². The molecule has 0 radical (unpaired) electrons. The van der Waals surface area contributed by atoms with Crippen LogP contribution in [0.15, 0.2) is 36.4 Å².